The van der Waals surface area contributed by atoms with Gasteiger partial charge in [-0.1, -0.05) is 12.1 Å². The Bertz CT molecular complexity index is 872. The molecule has 2 aromatic rings. The number of hydrogen-bond donors (Lipinski definition) is 2. The molecule has 1 aliphatic heterocycles. The van der Waals surface area contributed by atoms with E-state index in [1.54, 1.807) is 31.4 Å². The van der Waals surface area contributed by atoms with Crippen LogP contribution in [0, 0.1) is 11.5 Å². The van der Waals surface area contributed by atoms with Crippen molar-refractivity contribution in [3.8, 4) is 16.6 Å². The fourth-order valence-electron chi connectivity index (χ4n) is 2.96. The molecule has 128 valence electrons. The third-order valence-corrected chi connectivity index (χ3v) is 5.68. The Kier molecular flexibility index (Phi) is 4.42. The fourth-order valence-corrected chi connectivity index (χ4v) is 4.09. The Labute approximate surface area is 149 Å². The van der Waals surface area contributed by atoms with Crippen LogP contribution in [0.2, 0.25) is 0 Å². The van der Waals surface area contributed by atoms with Crippen LogP contribution in [0.5, 0.6) is 0 Å². The van der Waals surface area contributed by atoms with Gasteiger partial charge in [0.05, 0.1) is 4.88 Å². The monoisotopic (exact) mass is 355 g/mol. The molecule has 0 aliphatic carbocycles. The topological polar surface area (TPSA) is 112 Å². The number of primary amides is 1. The van der Waals surface area contributed by atoms with Crippen molar-refractivity contribution >= 4 is 23.2 Å². The van der Waals surface area contributed by atoms with E-state index >= 15 is 0 Å². The normalized spacial score (nSPS) is 19.4. The molecule has 3 rings (SSSR count). The predicted octanol–water partition coefficient (Wildman–Crippen LogP) is 1.08. The van der Waals surface area contributed by atoms with E-state index in [0.29, 0.717) is 23.5 Å². The molecular formula is C17H17N5O2S. The molecule has 2 heterocycles. The van der Waals surface area contributed by atoms with Crippen molar-refractivity contribution in [1.82, 2.24) is 15.2 Å². The SMILES string of the molecule is CNC(=O)c1cccc(-c2cnc(C3(C(N)=O)CCN(C#N)C3)s2)c1. The third-order valence-electron chi connectivity index (χ3n) is 4.43. The number of rotatable bonds is 4. The fraction of sp³-hybridized carbons (Fsp3) is 0.294. The van der Waals surface area contributed by atoms with E-state index in [9.17, 15) is 9.59 Å². The first-order valence-electron chi connectivity index (χ1n) is 7.73. The minimum Gasteiger partial charge on any atom is -0.369 e. The van der Waals surface area contributed by atoms with E-state index in [2.05, 4.69) is 16.5 Å². The van der Waals surface area contributed by atoms with E-state index in [4.69, 9.17) is 11.0 Å². The Hall–Kier alpha value is -2.92. The average Bonchev–Trinajstić information content (AvgIpc) is 3.28. The van der Waals surface area contributed by atoms with Gasteiger partial charge in [0, 0.05) is 31.9 Å². The van der Waals surface area contributed by atoms with Crippen LogP contribution in [0.25, 0.3) is 10.4 Å². The van der Waals surface area contributed by atoms with Crippen molar-refractivity contribution in [3.63, 3.8) is 0 Å². The molecule has 25 heavy (non-hydrogen) atoms. The van der Waals surface area contributed by atoms with Gasteiger partial charge in [-0.2, -0.15) is 5.26 Å². The summed E-state index contributed by atoms with van der Waals surface area (Å²) in [6.07, 6.45) is 4.22. The summed E-state index contributed by atoms with van der Waals surface area (Å²) in [6.45, 7) is 0.741. The number of nitrogens with one attached hydrogen (secondary N) is 1. The summed E-state index contributed by atoms with van der Waals surface area (Å²) in [4.78, 5) is 30.7. The number of aromatic nitrogens is 1. The molecule has 0 bridgehead atoms. The first-order chi connectivity index (χ1) is 12.0. The van der Waals surface area contributed by atoms with Crippen LogP contribution in [0.4, 0.5) is 0 Å². The Morgan fingerprint density at radius 1 is 1.48 bits per heavy atom. The van der Waals surface area contributed by atoms with E-state index in [0.717, 1.165) is 10.4 Å². The lowest BCUT2D eigenvalue weighted by atomic mass is 9.87. The maximum Gasteiger partial charge on any atom is 0.251 e. The van der Waals surface area contributed by atoms with Crippen molar-refractivity contribution in [2.45, 2.75) is 11.8 Å². The lowest BCUT2D eigenvalue weighted by Crippen LogP contribution is -2.43. The number of nitrogens with zero attached hydrogens (tertiary/aromatic N) is 3. The van der Waals surface area contributed by atoms with Gasteiger partial charge in [0.1, 0.15) is 10.4 Å². The van der Waals surface area contributed by atoms with Crippen molar-refractivity contribution in [3.05, 3.63) is 41.0 Å². The minimum atomic E-state index is -0.933. The van der Waals surface area contributed by atoms with Gasteiger partial charge in [0.2, 0.25) is 5.91 Å². The van der Waals surface area contributed by atoms with Gasteiger partial charge < -0.3 is 16.0 Å². The molecule has 1 unspecified atom stereocenters. The van der Waals surface area contributed by atoms with Gasteiger partial charge in [0.15, 0.2) is 6.19 Å². The molecule has 1 aromatic heterocycles. The first kappa shape index (κ1) is 16.9. The van der Waals surface area contributed by atoms with Gasteiger partial charge in [-0.15, -0.1) is 11.3 Å². The number of thiazole rings is 1. The highest BCUT2D eigenvalue weighted by Crippen LogP contribution is 2.39. The zero-order valence-electron chi connectivity index (χ0n) is 13.7. The summed E-state index contributed by atoms with van der Waals surface area (Å²) < 4.78 is 0. The maximum absolute atomic E-state index is 12.1. The highest BCUT2D eigenvalue weighted by molar-refractivity contribution is 7.15. The molecule has 0 radical (unpaired) electrons. The van der Waals surface area contributed by atoms with E-state index < -0.39 is 11.3 Å². The van der Waals surface area contributed by atoms with Crippen molar-refractivity contribution < 1.29 is 9.59 Å². The highest BCUT2D eigenvalue weighted by atomic mass is 32.1. The van der Waals surface area contributed by atoms with Crippen LogP contribution >= 0.6 is 11.3 Å². The standard InChI is InChI=1S/C17H17N5O2S/c1-20-14(23)12-4-2-3-11(7-12)13-8-21-16(25-13)17(15(19)24)5-6-22(9-17)10-18/h2-4,7-8H,5-6,9H2,1H3,(H2,19,24)(H,20,23). The van der Waals surface area contributed by atoms with Crippen LogP contribution in [-0.4, -0.2) is 41.8 Å². The molecular weight excluding hydrogens is 338 g/mol. The summed E-state index contributed by atoms with van der Waals surface area (Å²) in [5, 5.41) is 12.3. The first-order valence-corrected chi connectivity index (χ1v) is 8.55. The number of carbonyl (C=O) groups is 2. The number of carbonyl (C=O) groups excluding carboxylic acids is 2. The molecule has 2 amide bonds. The highest BCUT2D eigenvalue weighted by Gasteiger charge is 2.47. The number of nitriles is 1. The van der Waals surface area contributed by atoms with Crippen molar-refractivity contribution in [2.24, 2.45) is 5.73 Å². The molecule has 1 atom stereocenters. The number of nitrogens with two attached hydrogens (primary N) is 1. The third kappa shape index (κ3) is 2.94. The minimum absolute atomic E-state index is 0.166. The van der Waals surface area contributed by atoms with Gasteiger partial charge in [0.25, 0.3) is 5.91 Å². The van der Waals surface area contributed by atoms with Crippen molar-refractivity contribution in [1.29, 1.82) is 5.26 Å². The number of benzene rings is 1. The molecule has 1 saturated heterocycles. The van der Waals surface area contributed by atoms with Crippen LogP contribution in [0.3, 0.4) is 0 Å². The number of likely N-dealkylation sites (tertiary alicyclic amines) is 1. The second-order valence-electron chi connectivity index (χ2n) is 5.91. The maximum atomic E-state index is 12.1. The van der Waals surface area contributed by atoms with Crippen LogP contribution in [-0.2, 0) is 10.2 Å². The van der Waals surface area contributed by atoms with Gasteiger partial charge >= 0.3 is 0 Å². The zero-order valence-corrected chi connectivity index (χ0v) is 14.5. The Morgan fingerprint density at radius 2 is 2.28 bits per heavy atom. The summed E-state index contributed by atoms with van der Waals surface area (Å²) in [7, 11) is 1.58. The summed E-state index contributed by atoms with van der Waals surface area (Å²) in [5.74, 6) is -0.633. The number of hydrogen-bond acceptors (Lipinski definition) is 6. The lowest BCUT2D eigenvalue weighted by molar-refractivity contribution is -0.123. The summed E-state index contributed by atoms with van der Waals surface area (Å²) in [6, 6.07) is 7.20. The summed E-state index contributed by atoms with van der Waals surface area (Å²) in [5.41, 5.74) is 6.12. The molecule has 1 aromatic carbocycles. The van der Waals surface area contributed by atoms with E-state index in [1.165, 1.54) is 16.2 Å². The number of amides is 2. The second-order valence-corrected chi connectivity index (χ2v) is 6.94. The molecule has 8 heteroatoms. The summed E-state index contributed by atoms with van der Waals surface area (Å²) >= 11 is 1.37. The largest absolute Gasteiger partial charge is 0.369 e. The van der Waals surface area contributed by atoms with Crippen LogP contribution in [0.1, 0.15) is 21.8 Å². The molecule has 0 saturated carbocycles. The Balaban J connectivity index is 1.96. The van der Waals surface area contributed by atoms with Crippen LogP contribution < -0.4 is 11.1 Å². The molecule has 1 aliphatic rings. The lowest BCUT2D eigenvalue weighted by Gasteiger charge is -2.21. The molecule has 7 nitrogen and oxygen atoms in total. The van der Waals surface area contributed by atoms with E-state index in [1.807, 2.05) is 6.07 Å². The predicted molar refractivity (Wildman–Crippen MR) is 93.6 cm³/mol. The van der Waals surface area contributed by atoms with Gasteiger partial charge in [-0.05, 0) is 24.1 Å². The molecule has 1 fully saturated rings. The molecule has 0 spiro atoms. The van der Waals surface area contributed by atoms with E-state index in [-0.39, 0.29) is 12.5 Å². The quantitative estimate of drug-likeness (QED) is 0.797. The average molecular weight is 355 g/mol. The van der Waals surface area contributed by atoms with Crippen LogP contribution in [0.15, 0.2) is 30.5 Å². The smallest absolute Gasteiger partial charge is 0.251 e. The molecule has 3 N–H and O–H groups in total. The van der Waals surface area contributed by atoms with Crippen molar-refractivity contribution in [2.75, 3.05) is 20.1 Å². The van der Waals surface area contributed by atoms with Gasteiger partial charge in [-0.3, -0.25) is 9.59 Å². The van der Waals surface area contributed by atoms with Gasteiger partial charge in [-0.25, -0.2) is 4.98 Å². The Morgan fingerprint density at radius 3 is 2.92 bits per heavy atom. The second kappa shape index (κ2) is 6.53. The zero-order chi connectivity index (χ0) is 18.0.